The molecule has 2 aromatic rings. The van der Waals surface area contributed by atoms with E-state index in [2.05, 4.69) is 5.32 Å². The number of hydrogen-bond acceptors (Lipinski definition) is 3. The van der Waals surface area contributed by atoms with Crippen LogP contribution in [0.15, 0.2) is 52.2 Å². The summed E-state index contributed by atoms with van der Waals surface area (Å²) < 4.78 is 2.30. The van der Waals surface area contributed by atoms with E-state index in [1.807, 2.05) is 30.3 Å². The van der Waals surface area contributed by atoms with Crippen LogP contribution < -0.4 is 16.6 Å². The lowest BCUT2D eigenvalue weighted by atomic mass is 10.2. The molecule has 6 heteroatoms. The van der Waals surface area contributed by atoms with Crippen molar-refractivity contribution in [3.8, 4) is 0 Å². The van der Waals surface area contributed by atoms with Crippen LogP contribution in [-0.2, 0) is 25.4 Å². The van der Waals surface area contributed by atoms with Crippen LogP contribution in [0.5, 0.6) is 0 Å². The Kier molecular flexibility index (Phi) is 4.73. The van der Waals surface area contributed by atoms with Crippen LogP contribution in [0.25, 0.3) is 6.08 Å². The molecule has 1 heterocycles. The first kappa shape index (κ1) is 15.5. The van der Waals surface area contributed by atoms with Crippen molar-refractivity contribution in [1.29, 1.82) is 0 Å². The van der Waals surface area contributed by atoms with Gasteiger partial charge in [-0.1, -0.05) is 30.3 Å². The molecule has 0 aliphatic rings. The highest BCUT2D eigenvalue weighted by Gasteiger charge is 2.04. The largest absolute Gasteiger partial charge is 0.348 e. The summed E-state index contributed by atoms with van der Waals surface area (Å²) in [5, 5.41) is 2.73. The van der Waals surface area contributed by atoms with Gasteiger partial charge in [-0.05, 0) is 11.6 Å². The molecule has 1 aromatic carbocycles. The van der Waals surface area contributed by atoms with Crippen LogP contribution in [0.4, 0.5) is 0 Å². The van der Waals surface area contributed by atoms with Gasteiger partial charge in [0.2, 0.25) is 5.91 Å². The van der Waals surface area contributed by atoms with Crippen LogP contribution in [0.1, 0.15) is 11.1 Å². The number of hydrogen-bond donors (Lipinski definition) is 1. The number of carbonyl (C=O) groups excluding carboxylic acids is 1. The second-order valence-electron chi connectivity index (χ2n) is 4.88. The Hall–Kier alpha value is -2.89. The van der Waals surface area contributed by atoms with Crippen molar-refractivity contribution in [2.45, 2.75) is 6.54 Å². The van der Waals surface area contributed by atoms with Crippen molar-refractivity contribution in [1.82, 2.24) is 14.5 Å². The van der Waals surface area contributed by atoms with Crippen molar-refractivity contribution in [3.63, 3.8) is 0 Å². The first-order valence-electron chi connectivity index (χ1n) is 6.75. The number of nitrogens with zero attached hydrogens (tertiary/aromatic N) is 2. The summed E-state index contributed by atoms with van der Waals surface area (Å²) in [7, 11) is 2.95. The van der Waals surface area contributed by atoms with Crippen LogP contribution in [-0.4, -0.2) is 15.0 Å². The van der Waals surface area contributed by atoms with E-state index in [0.29, 0.717) is 6.54 Å². The van der Waals surface area contributed by atoms with E-state index in [1.54, 1.807) is 7.05 Å². The van der Waals surface area contributed by atoms with Crippen molar-refractivity contribution in [2.24, 2.45) is 14.1 Å². The van der Waals surface area contributed by atoms with Crippen molar-refractivity contribution >= 4 is 12.0 Å². The third kappa shape index (κ3) is 3.60. The second-order valence-corrected chi connectivity index (χ2v) is 4.88. The minimum Gasteiger partial charge on any atom is -0.348 e. The number of benzene rings is 1. The maximum Gasteiger partial charge on any atom is 0.330 e. The first-order chi connectivity index (χ1) is 10.5. The second kappa shape index (κ2) is 6.71. The van der Waals surface area contributed by atoms with Gasteiger partial charge in [0, 0.05) is 32.9 Å². The third-order valence-electron chi connectivity index (χ3n) is 3.20. The zero-order valence-corrected chi connectivity index (χ0v) is 12.4. The number of amides is 1. The molecule has 0 saturated heterocycles. The van der Waals surface area contributed by atoms with Gasteiger partial charge in [-0.3, -0.25) is 14.2 Å². The Morgan fingerprint density at radius 1 is 1.18 bits per heavy atom. The molecule has 1 aromatic heterocycles. The summed E-state index contributed by atoms with van der Waals surface area (Å²) >= 11 is 0. The van der Waals surface area contributed by atoms with Gasteiger partial charge in [0.05, 0.1) is 5.56 Å². The molecule has 0 aliphatic heterocycles. The SMILES string of the molecule is Cn1cc(/C=C/C(=O)NCc2ccccc2)c(=O)n(C)c1=O. The summed E-state index contributed by atoms with van der Waals surface area (Å²) in [5.41, 5.74) is 0.424. The van der Waals surface area contributed by atoms with E-state index in [9.17, 15) is 14.4 Å². The number of aryl methyl sites for hydroxylation is 1. The maximum absolute atomic E-state index is 11.9. The molecule has 114 valence electrons. The maximum atomic E-state index is 11.9. The highest BCUT2D eigenvalue weighted by molar-refractivity contribution is 5.91. The lowest BCUT2D eigenvalue weighted by Gasteiger charge is -2.04. The number of rotatable bonds is 4. The molecule has 1 N–H and O–H groups in total. The van der Waals surface area contributed by atoms with E-state index in [-0.39, 0.29) is 11.5 Å². The summed E-state index contributed by atoms with van der Waals surface area (Å²) in [6.07, 6.45) is 4.10. The fourth-order valence-corrected chi connectivity index (χ4v) is 1.96. The van der Waals surface area contributed by atoms with E-state index in [1.165, 1.54) is 30.0 Å². The summed E-state index contributed by atoms with van der Waals surface area (Å²) in [6, 6.07) is 9.51. The average molecular weight is 299 g/mol. The van der Waals surface area contributed by atoms with E-state index >= 15 is 0 Å². The molecule has 6 nitrogen and oxygen atoms in total. The van der Waals surface area contributed by atoms with Crippen LogP contribution >= 0.6 is 0 Å². The number of nitrogens with one attached hydrogen (secondary N) is 1. The quantitative estimate of drug-likeness (QED) is 0.831. The highest BCUT2D eigenvalue weighted by Crippen LogP contribution is 1.97. The third-order valence-corrected chi connectivity index (χ3v) is 3.20. The fraction of sp³-hybridized carbons (Fsp3) is 0.188. The fourth-order valence-electron chi connectivity index (χ4n) is 1.96. The van der Waals surface area contributed by atoms with Gasteiger partial charge in [0.1, 0.15) is 0 Å². The minimum atomic E-state index is -0.435. The zero-order valence-electron chi connectivity index (χ0n) is 12.4. The monoisotopic (exact) mass is 299 g/mol. The zero-order chi connectivity index (χ0) is 16.1. The number of carbonyl (C=O) groups is 1. The Bertz CT molecular complexity index is 817. The molecule has 2 rings (SSSR count). The molecule has 0 aliphatic carbocycles. The van der Waals surface area contributed by atoms with E-state index < -0.39 is 11.2 Å². The lowest BCUT2D eigenvalue weighted by Crippen LogP contribution is -2.37. The molecular weight excluding hydrogens is 282 g/mol. The Balaban J connectivity index is 2.07. The standard InChI is InChI=1S/C16H17N3O3/c1-18-11-13(15(21)19(2)16(18)22)8-9-14(20)17-10-12-6-4-3-5-7-12/h3-9,11H,10H2,1-2H3,(H,17,20)/b9-8+. The van der Waals surface area contributed by atoms with Gasteiger partial charge >= 0.3 is 5.69 Å². The lowest BCUT2D eigenvalue weighted by molar-refractivity contribution is -0.116. The average Bonchev–Trinajstić information content (AvgIpc) is 2.54. The van der Waals surface area contributed by atoms with Crippen LogP contribution in [0.3, 0.4) is 0 Å². The van der Waals surface area contributed by atoms with Gasteiger partial charge in [0.25, 0.3) is 5.56 Å². The normalized spacial score (nSPS) is 10.8. The Morgan fingerprint density at radius 3 is 2.55 bits per heavy atom. The van der Waals surface area contributed by atoms with Crippen molar-refractivity contribution in [2.75, 3.05) is 0 Å². The van der Waals surface area contributed by atoms with Gasteiger partial charge in [-0.25, -0.2) is 4.79 Å². The molecule has 0 atom stereocenters. The Labute approximate surface area is 127 Å². The molecule has 0 bridgehead atoms. The van der Waals surface area contributed by atoms with Crippen LogP contribution in [0.2, 0.25) is 0 Å². The first-order valence-corrected chi connectivity index (χ1v) is 6.75. The molecule has 22 heavy (non-hydrogen) atoms. The highest BCUT2D eigenvalue weighted by atomic mass is 16.2. The molecular formula is C16H17N3O3. The predicted molar refractivity (Wildman–Crippen MR) is 84.2 cm³/mol. The molecule has 1 amide bonds. The van der Waals surface area contributed by atoms with Gasteiger partial charge in [-0.2, -0.15) is 0 Å². The number of aromatic nitrogens is 2. The van der Waals surface area contributed by atoms with Gasteiger partial charge < -0.3 is 9.88 Å². The summed E-state index contributed by atoms with van der Waals surface area (Å²) in [6.45, 7) is 0.412. The van der Waals surface area contributed by atoms with Gasteiger partial charge in [-0.15, -0.1) is 0 Å². The summed E-state index contributed by atoms with van der Waals surface area (Å²) in [5.74, 6) is -0.306. The van der Waals surface area contributed by atoms with Gasteiger partial charge in [0.15, 0.2) is 0 Å². The van der Waals surface area contributed by atoms with Crippen molar-refractivity contribution < 1.29 is 4.79 Å². The molecule has 0 unspecified atom stereocenters. The molecule has 0 saturated carbocycles. The van der Waals surface area contributed by atoms with Crippen LogP contribution in [0, 0.1) is 0 Å². The molecule has 0 radical (unpaired) electrons. The molecule has 0 spiro atoms. The predicted octanol–water partition coefficient (Wildman–Crippen LogP) is 0.414. The van der Waals surface area contributed by atoms with Crippen molar-refractivity contribution in [3.05, 3.63) is 74.6 Å². The summed E-state index contributed by atoms with van der Waals surface area (Å²) in [4.78, 5) is 35.2. The minimum absolute atomic E-state index is 0.277. The van der Waals surface area contributed by atoms with E-state index in [0.717, 1.165) is 10.1 Å². The Morgan fingerprint density at radius 2 is 1.86 bits per heavy atom. The topological polar surface area (TPSA) is 73.1 Å². The van der Waals surface area contributed by atoms with E-state index in [4.69, 9.17) is 0 Å². The smallest absolute Gasteiger partial charge is 0.330 e. The molecule has 0 fully saturated rings.